The zero-order valence-corrected chi connectivity index (χ0v) is 31.2. The summed E-state index contributed by atoms with van der Waals surface area (Å²) in [5, 5.41) is 5.55. The quantitative estimate of drug-likeness (QED) is 0.268. The number of carbonyl (C=O) groups excluding carboxylic acids is 1. The molecule has 2 atom stereocenters. The minimum Gasteiger partial charge on any atom is -0.355 e. The smallest absolute Gasteiger partial charge is 0.161 e. The number of carbonyl (C=O) groups is 1. The molecule has 1 fully saturated rings. The van der Waals surface area contributed by atoms with Crippen LogP contribution < -0.4 is 16.0 Å². The highest BCUT2D eigenvalue weighted by atomic mass is 127. The lowest BCUT2D eigenvalue weighted by Crippen LogP contribution is -2.34. The number of benzene rings is 2. The maximum Gasteiger partial charge on any atom is 0.161 e. The molecule has 5 nitrogen and oxygen atoms in total. The van der Waals surface area contributed by atoms with Crippen LogP contribution in [0.4, 0.5) is 0 Å². The Morgan fingerprint density at radius 1 is 0.729 bits per heavy atom. The molecular formula is C42H43IN4O. The van der Waals surface area contributed by atoms with Gasteiger partial charge >= 0.3 is 0 Å². The normalized spacial score (nSPS) is 25.1. The maximum atomic E-state index is 13.7. The molecule has 7 rings (SSSR count). The first-order valence-corrected chi connectivity index (χ1v) is 17.8. The van der Waals surface area contributed by atoms with Gasteiger partial charge in [-0.15, -0.1) is 0 Å². The summed E-state index contributed by atoms with van der Waals surface area (Å²) in [6, 6.07) is 19.2. The number of hydrogen-bond acceptors (Lipinski definition) is 4. The summed E-state index contributed by atoms with van der Waals surface area (Å²) in [7, 11) is 0. The van der Waals surface area contributed by atoms with Crippen molar-refractivity contribution in [3.8, 4) is 0 Å². The number of nitrogens with zero attached hydrogens (tertiary/aromatic N) is 2. The van der Waals surface area contributed by atoms with Crippen LogP contribution in [0.2, 0.25) is 0 Å². The second kappa shape index (κ2) is 11.6. The van der Waals surface area contributed by atoms with Crippen molar-refractivity contribution in [3.05, 3.63) is 133 Å². The fraction of sp³-hybridized carbons (Fsp3) is 0.310. The summed E-state index contributed by atoms with van der Waals surface area (Å²) in [6.07, 6.45) is 12.4. The highest BCUT2D eigenvalue weighted by Crippen LogP contribution is 2.36. The third-order valence-electron chi connectivity index (χ3n) is 9.87. The molecule has 3 aromatic rings. The fourth-order valence-corrected chi connectivity index (χ4v) is 7.15. The van der Waals surface area contributed by atoms with E-state index in [0.29, 0.717) is 0 Å². The highest BCUT2D eigenvalue weighted by molar-refractivity contribution is 14.1. The molecule has 2 N–H and O–H groups in total. The van der Waals surface area contributed by atoms with Crippen molar-refractivity contribution >= 4 is 57.0 Å². The second-order valence-corrected chi connectivity index (χ2v) is 17.1. The van der Waals surface area contributed by atoms with Gasteiger partial charge in [0.2, 0.25) is 0 Å². The number of rotatable bonds is 2. The molecule has 0 aliphatic carbocycles. The molecule has 1 aromatic heterocycles. The molecule has 0 spiro atoms. The van der Waals surface area contributed by atoms with Crippen molar-refractivity contribution < 1.29 is 4.79 Å². The molecule has 244 valence electrons. The Morgan fingerprint density at radius 2 is 1.38 bits per heavy atom. The van der Waals surface area contributed by atoms with Gasteiger partial charge in [0, 0.05) is 36.9 Å². The van der Waals surface area contributed by atoms with E-state index in [1.807, 2.05) is 32.1 Å². The van der Waals surface area contributed by atoms with Crippen molar-refractivity contribution in [1.29, 1.82) is 0 Å². The van der Waals surface area contributed by atoms with Gasteiger partial charge in [-0.25, -0.2) is 9.98 Å². The van der Waals surface area contributed by atoms with Crippen LogP contribution in [0, 0.1) is 8.99 Å². The Labute approximate surface area is 297 Å². The van der Waals surface area contributed by atoms with E-state index in [9.17, 15) is 4.79 Å². The predicted octanol–water partition coefficient (Wildman–Crippen LogP) is 7.46. The van der Waals surface area contributed by atoms with Crippen LogP contribution in [0.1, 0.15) is 77.6 Å². The predicted molar refractivity (Wildman–Crippen MR) is 208 cm³/mol. The van der Waals surface area contributed by atoms with Crippen molar-refractivity contribution in [2.24, 2.45) is 15.4 Å². The Hall–Kier alpha value is -3.88. The SMILES string of the molecule is CC(C)(C)c1cc(C2=c3cc/c([nH]3)=C/C3NC(/C=C4/C=CC(=N4)/C(c4ccc(I)cc4)=C4/C=CC2=N4)C(=O)C3(C)C)cc(C(C)(C)C)c1. The molecule has 0 radical (unpaired) electrons. The summed E-state index contributed by atoms with van der Waals surface area (Å²) in [4.78, 5) is 27.9. The van der Waals surface area contributed by atoms with Crippen LogP contribution in [0.3, 0.4) is 0 Å². The first kappa shape index (κ1) is 32.7. The van der Waals surface area contributed by atoms with E-state index >= 15 is 0 Å². The molecule has 8 bridgehead atoms. The Morgan fingerprint density at radius 3 is 2.04 bits per heavy atom. The molecule has 6 heteroatoms. The molecular weight excluding hydrogens is 703 g/mol. The lowest BCUT2D eigenvalue weighted by Gasteiger charge is -2.26. The molecule has 0 amide bonds. The van der Waals surface area contributed by atoms with E-state index in [1.54, 1.807) is 0 Å². The van der Waals surface area contributed by atoms with E-state index in [-0.39, 0.29) is 22.7 Å². The van der Waals surface area contributed by atoms with Crippen LogP contribution in [0.5, 0.6) is 0 Å². The number of allylic oxidation sites excluding steroid dienone is 5. The van der Waals surface area contributed by atoms with Gasteiger partial charge < -0.3 is 4.98 Å². The van der Waals surface area contributed by atoms with Gasteiger partial charge in [-0.1, -0.05) is 85.7 Å². The number of hydrogen-bond donors (Lipinski definition) is 2. The summed E-state index contributed by atoms with van der Waals surface area (Å²) < 4.78 is 1.16. The standard InChI is InChI=1S/C42H43IN4O/c1-40(2,3)26-19-25(20-27(21-26)41(4,5)6)38-32-16-14-30(45-32)23-36-42(7,8)39(48)35(47-36)22-29-13-15-31(44-29)37(33-17-18-34(38)46-33)24-9-11-28(43)12-10-24/h9-23,35-36,45,47H,1-8H3/b29-22-,30-23-,37-33-,38-32?. The van der Waals surface area contributed by atoms with Crippen LogP contribution in [-0.4, -0.2) is 34.3 Å². The van der Waals surface area contributed by atoms with Gasteiger partial charge in [0.15, 0.2) is 5.78 Å². The van der Waals surface area contributed by atoms with Gasteiger partial charge in [0.05, 0.1) is 28.9 Å². The third kappa shape index (κ3) is 5.98. The van der Waals surface area contributed by atoms with Crippen molar-refractivity contribution in [2.75, 3.05) is 0 Å². The van der Waals surface area contributed by atoms with Gasteiger partial charge in [0.1, 0.15) is 0 Å². The molecule has 5 heterocycles. The number of nitrogens with one attached hydrogen (secondary N) is 2. The first-order chi connectivity index (χ1) is 22.6. The first-order valence-electron chi connectivity index (χ1n) is 16.7. The van der Waals surface area contributed by atoms with Gasteiger partial charge in [-0.2, -0.15) is 0 Å². The van der Waals surface area contributed by atoms with Crippen molar-refractivity contribution in [1.82, 2.24) is 10.3 Å². The second-order valence-electron chi connectivity index (χ2n) is 15.9. The maximum absolute atomic E-state index is 13.7. The van der Waals surface area contributed by atoms with Gasteiger partial charge in [-0.05, 0) is 116 Å². The number of Topliss-reactive ketones (excluding diaryl/α,β-unsaturated/α-hetero) is 1. The van der Waals surface area contributed by atoms with E-state index in [1.165, 1.54) is 11.1 Å². The molecule has 4 aliphatic heterocycles. The number of fused-ring (bicyclic) bond motifs is 6. The number of aliphatic imine (C=N–C) groups is 2. The number of aromatic amines is 1. The number of halogens is 1. The summed E-state index contributed by atoms with van der Waals surface area (Å²) in [5.41, 5.74) is 9.44. The molecule has 2 unspecified atom stereocenters. The van der Waals surface area contributed by atoms with Crippen molar-refractivity contribution in [2.45, 2.75) is 78.3 Å². The minimum absolute atomic E-state index is 0.0408. The Bertz CT molecular complexity index is 2140. The van der Waals surface area contributed by atoms with Crippen molar-refractivity contribution in [3.63, 3.8) is 0 Å². The van der Waals surface area contributed by atoms with Gasteiger partial charge in [-0.3, -0.25) is 10.1 Å². The van der Waals surface area contributed by atoms with E-state index in [2.05, 4.69) is 147 Å². The molecule has 48 heavy (non-hydrogen) atoms. The van der Waals surface area contributed by atoms with Crippen LogP contribution in [0.15, 0.2) is 106 Å². The highest BCUT2D eigenvalue weighted by Gasteiger charge is 2.46. The average Bonchev–Trinajstić information content (AvgIpc) is 3.81. The summed E-state index contributed by atoms with van der Waals surface area (Å²) in [5.74, 6) is 0.161. The Balaban J connectivity index is 1.56. The minimum atomic E-state index is -0.592. The molecule has 1 saturated heterocycles. The monoisotopic (exact) mass is 746 g/mol. The number of ketones is 1. The Kier molecular flexibility index (Phi) is 7.91. The third-order valence-corrected chi connectivity index (χ3v) is 10.6. The van der Waals surface area contributed by atoms with Crippen LogP contribution in [0.25, 0.3) is 17.2 Å². The number of H-pyrrole nitrogens is 1. The lowest BCUT2D eigenvalue weighted by atomic mass is 9.78. The average molecular weight is 747 g/mol. The topological polar surface area (TPSA) is 69.6 Å². The zero-order valence-electron chi connectivity index (χ0n) is 29.0. The van der Waals surface area contributed by atoms with Crippen LogP contribution in [-0.2, 0) is 15.6 Å². The zero-order chi connectivity index (χ0) is 34.2. The largest absolute Gasteiger partial charge is 0.355 e. The fourth-order valence-electron chi connectivity index (χ4n) is 6.79. The number of aromatic nitrogens is 1. The van der Waals surface area contributed by atoms with E-state index in [0.717, 1.165) is 59.4 Å². The van der Waals surface area contributed by atoms with E-state index < -0.39 is 11.5 Å². The molecule has 0 saturated carbocycles. The van der Waals surface area contributed by atoms with Gasteiger partial charge in [0.25, 0.3) is 0 Å². The molecule has 4 aliphatic rings. The van der Waals surface area contributed by atoms with E-state index in [4.69, 9.17) is 9.98 Å². The van der Waals surface area contributed by atoms with Crippen LogP contribution >= 0.6 is 22.6 Å². The lowest BCUT2D eigenvalue weighted by molar-refractivity contribution is -0.124. The summed E-state index contributed by atoms with van der Waals surface area (Å²) >= 11 is 2.34. The summed E-state index contributed by atoms with van der Waals surface area (Å²) in [6.45, 7) is 17.7. The molecule has 2 aromatic carbocycles.